The monoisotopic (exact) mass is 302 g/mol. The van der Waals surface area contributed by atoms with Gasteiger partial charge in [0.2, 0.25) is 0 Å². The van der Waals surface area contributed by atoms with Gasteiger partial charge in [-0.25, -0.2) is 0 Å². The normalized spacial score (nSPS) is 53.1. The molecule has 0 nitrogen and oxygen atoms in total. The topological polar surface area (TPSA) is 0 Å². The maximum atomic E-state index is 5.99. The lowest BCUT2D eigenvalue weighted by molar-refractivity contribution is 0.726. The molecule has 0 aliphatic heterocycles. The molecule has 13 heavy (non-hydrogen) atoms. The zero-order chi connectivity index (χ0) is 10.2. The predicted molar refractivity (Wildman–Crippen MR) is 62.5 cm³/mol. The molecule has 0 aromatic rings. The van der Waals surface area contributed by atoms with E-state index in [1.165, 1.54) is 0 Å². The van der Waals surface area contributed by atoms with E-state index in [0.717, 1.165) is 0 Å². The fourth-order valence-electron chi connectivity index (χ4n) is 1.23. The van der Waals surface area contributed by atoms with Crippen molar-refractivity contribution in [3.63, 3.8) is 0 Å². The number of alkyl halides is 6. The highest BCUT2D eigenvalue weighted by Gasteiger charge is 2.41. The third-order valence-electron chi connectivity index (χ3n) is 2.05. The van der Waals surface area contributed by atoms with Crippen molar-refractivity contribution in [2.45, 2.75) is 38.7 Å². The Labute approximate surface area is 108 Å². The second-order valence-corrected chi connectivity index (χ2v) is 6.18. The van der Waals surface area contributed by atoms with Crippen molar-refractivity contribution in [1.82, 2.24) is 0 Å². The minimum Gasteiger partial charge on any atom is -0.121 e. The molecule has 0 saturated heterocycles. The average Bonchev–Trinajstić information content (AvgIpc) is 2.15. The molecule has 0 radical (unpaired) electrons. The maximum absolute atomic E-state index is 5.99. The quantitative estimate of drug-likeness (QED) is 0.468. The van der Waals surface area contributed by atoms with Gasteiger partial charge in [-0.1, -0.05) is 0 Å². The molecule has 6 unspecified atom stereocenters. The molecule has 6 heteroatoms. The molecule has 0 N–H and O–H groups in total. The van der Waals surface area contributed by atoms with Crippen LogP contribution in [0.25, 0.3) is 0 Å². The first-order valence-electron chi connectivity index (χ1n) is 3.79. The van der Waals surface area contributed by atoms with Crippen molar-refractivity contribution in [3.8, 4) is 0 Å². The molecular weight excluding hydrogens is 297 g/mol. The van der Waals surface area contributed by atoms with Crippen LogP contribution in [0.2, 0.25) is 0 Å². The summed E-state index contributed by atoms with van der Waals surface area (Å²) in [6, 6.07) is 0. The van der Waals surface area contributed by atoms with Gasteiger partial charge in [-0.15, -0.1) is 69.6 Å². The van der Waals surface area contributed by atoms with E-state index in [0.29, 0.717) is 6.42 Å². The lowest BCUT2D eigenvalue weighted by atomic mass is 10.2. The lowest BCUT2D eigenvalue weighted by Crippen LogP contribution is -2.34. The second kappa shape index (κ2) is 5.18. The second-order valence-electron chi connectivity index (χ2n) is 3.05. The van der Waals surface area contributed by atoms with E-state index in [-0.39, 0.29) is 10.8 Å². The fourth-order valence-corrected chi connectivity index (χ4v) is 3.50. The van der Waals surface area contributed by atoms with Crippen molar-refractivity contribution in [1.29, 1.82) is 0 Å². The number of hydrogen-bond donors (Lipinski definition) is 0. The molecule has 0 bridgehead atoms. The predicted octanol–water partition coefficient (Wildman–Crippen LogP) is 4.03. The van der Waals surface area contributed by atoms with Gasteiger partial charge in [0.1, 0.15) is 0 Å². The summed E-state index contributed by atoms with van der Waals surface area (Å²) >= 11 is 35.9. The lowest BCUT2D eigenvalue weighted by Gasteiger charge is -2.21. The first kappa shape index (κ1) is 12.8. The Morgan fingerprint density at radius 2 is 0.846 bits per heavy atom. The van der Waals surface area contributed by atoms with E-state index in [1.807, 2.05) is 0 Å². The van der Waals surface area contributed by atoms with Crippen LogP contribution in [0.4, 0.5) is 0 Å². The van der Waals surface area contributed by atoms with Crippen LogP contribution < -0.4 is 0 Å². The van der Waals surface area contributed by atoms with Gasteiger partial charge >= 0.3 is 0 Å². The van der Waals surface area contributed by atoms with Crippen LogP contribution in [-0.2, 0) is 0 Å². The summed E-state index contributed by atoms with van der Waals surface area (Å²) in [5.74, 6) is 0. The highest BCUT2D eigenvalue weighted by molar-refractivity contribution is 6.42. The number of rotatable bonds is 0. The van der Waals surface area contributed by atoms with E-state index < -0.39 is 21.5 Å². The summed E-state index contributed by atoms with van der Waals surface area (Å²) in [4.78, 5) is 0. The number of hydrogen-bond acceptors (Lipinski definition) is 0. The van der Waals surface area contributed by atoms with Crippen LogP contribution in [0.1, 0.15) is 6.42 Å². The molecule has 0 spiro atoms. The molecule has 78 valence electrons. The largest absolute Gasteiger partial charge is 0.121 e. The van der Waals surface area contributed by atoms with E-state index in [4.69, 9.17) is 69.6 Å². The third kappa shape index (κ3) is 2.86. The van der Waals surface area contributed by atoms with Crippen molar-refractivity contribution >= 4 is 69.6 Å². The van der Waals surface area contributed by atoms with Crippen molar-refractivity contribution < 1.29 is 0 Å². The Morgan fingerprint density at radius 1 is 0.538 bits per heavy atom. The molecular formula is C7H8Cl6. The SMILES string of the molecule is ClC1CC(Cl)C(Cl)C(Cl)C(Cl)C1Cl. The maximum Gasteiger partial charge on any atom is 0.0692 e. The molecule has 1 aliphatic rings. The molecule has 1 fully saturated rings. The van der Waals surface area contributed by atoms with Crippen LogP contribution in [-0.4, -0.2) is 32.3 Å². The Balaban J connectivity index is 2.79. The third-order valence-corrected chi connectivity index (χ3v) is 5.84. The summed E-state index contributed by atoms with van der Waals surface area (Å²) in [5, 5.41) is -2.24. The summed E-state index contributed by atoms with van der Waals surface area (Å²) in [6.07, 6.45) is 0.526. The van der Waals surface area contributed by atoms with Crippen LogP contribution in [0.15, 0.2) is 0 Å². The molecule has 1 rings (SSSR count). The van der Waals surface area contributed by atoms with Gasteiger partial charge in [0.15, 0.2) is 0 Å². The zero-order valence-corrected chi connectivity index (χ0v) is 11.0. The molecule has 1 aliphatic carbocycles. The van der Waals surface area contributed by atoms with Crippen molar-refractivity contribution in [3.05, 3.63) is 0 Å². The summed E-state index contributed by atoms with van der Waals surface area (Å²) < 4.78 is 0. The van der Waals surface area contributed by atoms with Gasteiger partial charge in [0.05, 0.1) is 32.3 Å². The first-order valence-corrected chi connectivity index (χ1v) is 6.41. The van der Waals surface area contributed by atoms with E-state index in [1.54, 1.807) is 0 Å². The Hall–Kier alpha value is 1.74. The minimum absolute atomic E-state index is 0.281. The van der Waals surface area contributed by atoms with Crippen LogP contribution in [0.3, 0.4) is 0 Å². The first-order chi connectivity index (χ1) is 5.95. The molecule has 0 heterocycles. The van der Waals surface area contributed by atoms with Gasteiger partial charge < -0.3 is 0 Å². The standard InChI is InChI=1S/C7H8Cl6/c8-2-1-3(9)5(11)7(13)6(12)4(2)10/h2-7H,1H2. The van der Waals surface area contributed by atoms with Crippen LogP contribution in [0, 0.1) is 0 Å². The molecule has 0 amide bonds. The summed E-state index contributed by atoms with van der Waals surface area (Å²) in [6.45, 7) is 0. The zero-order valence-electron chi connectivity index (χ0n) is 6.44. The highest BCUT2D eigenvalue weighted by Crippen LogP contribution is 2.37. The average molecular weight is 305 g/mol. The van der Waals surface area contributed by atoms with Gasteiger partial charge in [-0.3, -0.25) is 0 Å². The van der Waals surface area contributed by atoms with Gasteiger partial charge in [0.25, 0.3) is 0 Å². The fraction of sp³-hybridized carbons (Fsp3) is 1.00. The van der Waals surface area contributed by atoms with E-state index >= 15 is 0 Å². The van der Waals surface area contributed by atoms with Crippen molar-refractivity contribution in [2.75, 3.05) is 0 Å². The van der Waals surface area contributed by atoms with E-state index in [2.05, 4.69) is 0 Å². The number of halogens is 6. The Kier molecular flexibility index (Phi) is 5.11. The summed E-state index contributed by atoms with van der Waals surface area (Å²) in [7, 11) is 0. The molecule has 0 aromatic heterocycles. The van der Waals surface area contributed by atoms with Gasteiger partial charge in [-0.05, 0) is 6.42 Å². The minimum atomic E-state index is -0.447. The molecule has 6 atom stereocenters. The highest BCUT2D eigenvalue weighted by atomic mass is 35.5. The Morgan fingerprint density at radius 3 is 1.15 bits per heavy atom. The van der Waals surface area contributed by atoms with Gasteiger partial charge in [-0.2, -0.15) is 0 Å². The molecule has 1 saturated carbocycles. The van der Waals surface area contributed by atoms with Crippen molar-refractivity contribution in [2.24, 2.45) is 0 Å². The van der Waals surface area contributed by atoms with Crippen LogP contribution in [0.5, 0.6) is 0 Å². The van der Waals surface area contributed by atoms with Crippen LogP contribution >= 0.6 is 69.6 Å². The van der Waals surface area contributed by atoms with E-state index in [9.17, 15) is 0 Å². The smallest absolute Gasteiger partial charge is 0.0692 e. The molecule has 0 aromatic carbocycles. The summed E-state index contributed by atoms with van der Waals surface area (Å²) in [5.41, 5.74) is 0. The Bertz CT molecular complexity index is 156. The van der Waals surface area contributed by atoms with Gasteiger partial charge in [0, 0.05) is 0 Å².